The van der Waals surface area contributed by atoms with Crippen LogP contribution in [0.4, 0.5) is 15.8 Å². The van der Waals surface area contributed by atoms with Crippen molar-refractivity contribution in [2.24, 2.45) is 0 Å². The number of thioether (sulfide) groups is 1. The maximum atomic E-state index is 13.5. The Morgan fingerprint density at radius 2 is 1.73 bits per heavy atom. The van der Waals surface area contributed by atoms with Crippen molar-refractivity contribution in [2.75, 3.05) is 10.2 Å². The number of halogens is 1. The van der Waals surface area contributed by atoms with Crippen molar-refractivity contribution in [2.45, 2.75) is 18.6 Å². The molecule has 5 nitrogen and oxygen atoms in total. The zero-order chi connectivity index (χ0) is 23.4. The van der Waals surface area contributed by atoms with Gasteiger partial charge in [-0.25, -0.2) is 4.39 Å². The molecule has 0 radical (unpaired) electrons. The van der Waals surface area contributed by atoms with Crippen LogP contribution in [-0.2, 0) is 16.0 Å². The number of anilines is 2. The van der Waals surface area contributed by atoms with Gasteiger partial charge in [-0.15, -0.1) is 0 Å². The molecule has 2 amide bonds. The van der Waals surface area contributed by atoms with E-state index >= 15 is 0 Å². The fraction of sp³-hybridized carbons (Fsp3) is 0.115. The average molecular weight is 458 g/mol. The minimum absolute atomic E-state index is 0.173. The molecule has 0 aliphatic carbocycles. The number of carbonyl (C=O) groups is 2. The Kier molecular flexibility index (Phi) is 6.57. The van der Waals surface area contributed by atoms with Gasteiger partial charge in [-0.2, -0.15) is 5.26 Å². The number of nitrogens with zero attached hydrogens (tertiary/aromatic N) is 2. The van der Waals surface area contributed by atoms with Crippen LogP contribution < -0.4 is 10.2 Å². The molecule has 164 valence electrons. The van der Waals surface area contributed by atoms with Crippen molar-refractivity contribution in [1.82, 2.24) is 0 Å². The van der Waals surface area contributed by atoms with Gasteiger partial charge >= 0.3 is 0 Å². The normalized spacial score (nSPS) is 16.9. The van der Waals surface area contributed by atoms with Gasteiger partial charge in [0.25, 0.3) is 5.91 Å². The fourth-order valence-corrected chi connectivity index (χ4v) is 4.77. The van der Waals surface area contributed by atoms with E-state index < -0.39 is 17.0 Å². The van der Waals surface area contributed by atoms with Gasteiger partial charge in [0.1, 0.15) is 22.5 Å². The van der Waals surface area contributed by atoms with E-state index in [4.69, 9.17) is 0 Å². The molecule has 33 heavy (non-hydrogen) atoms. The Morgan fingerprint density at radius 1 is 1.06 bits per heavy atom. The number of carbonyl (C=O) groups excluding carboxylic acids is 2. The van der Waals surface area contributed by atoms with E-state index in [0.717, 1.165) is 11.1 Å². The first-order chi connectivity index (χ1) is 16.0. The highest BCUT2D eigenvalue weighted by atomic mass is 32.2. The molecule has 1 saturated heterocycles. The molecule has 1 heterocycles. The van der Waals surface area contributed by atoms with Gasteiger partial charge in [0, 0.05) is 11.4 Å². The highest BCUT2D eigenvalue weighted by Crippen LogP contribution is 2.42. The van der Waals surface area contributed by atoms with Crippen LogP contribution in [0, 0.1) is 24.1 Å². The minimum Gasteiger partial charge on any atom is -0.321 e. The highest BCUT2D eigenvalue weighted by molar-refractivity contribution is 8.05. The highest BCUT2D eigenvalue weighted by Gasteiger charge is 2.40. The van der Waals surface area contributed by atoms with Crippen molar-refractivity contribution >= 4 is 35.0 Å². The molecule has 1 atom stereocenters. The van der Waals surface area contributed by atoms with E-state index in [1.165, 1.54) is 40.9 Å². The molecule has 1 aliphatic rings. The van der Waals surface area contributed by atoms with E-state index in [2.05, 4.69) is 5.32 Å². The molecule has 0 bridgehead atoms. The van der Waals surface area contributed by atoms with Gasteiger partial charge in [-0.05, 0) is 55.3 Å². The molecule has 3 aromatic rings. The standard InChI is InChI=1S/C26H20FN3O2S/c1-17-7-9-18(10-8-17)15-23-25(32)30(21-13-11-19(27)12-14-21)26(33-23)22(16-28)24(31)29-20-5-3-2-4-6-20/h2-14,23H,15H2,1H3,(H,29,31). The van der Waals surface area contributed by atoms with Gasteiger partial charge in [-0.1, -0.05) is 59.8 Å². The van der Waals surface area contributed by atoms with Gasteiger partial charge in [0.05, 0.1) is 5.25 Å². The number of nitrogens with one attached hydrogen (secondary N) is 1. The predicted octanol–water partition coefficient (Wildman–Crippen LogP) is 5.20. The Hall–Kier alpha value is -3.89. The number of amides is 2. The van der Waals surface area contributed by atoms with E-state index in [1.807, 2.05) is 43.3 Å². The van der Waals surface area contributed by atoms with Crippen LogP contribution in [0.2, 0.25) is 0 Å². The number of para-hydroxylation sites is 1. The topological polar surface area (TPSA) is 73.2 Å². The summed E-state index contributed by atoms with van der Waals surface area (Å²) in [6.45, 7) is 1.99. The Morgan fingerprint density at radius 3 is 2.36 bits per heavy atom. The zero-order valence-electron chi connectivity index (χ0n) is 17.8. The molecule has 1 unspecified atom stereocenters. The van der Waals surface area contributed by atoms with E-state index in [0.29, 0.717) is 17.8 Å². The largest absolute Gasteiger partial charge is 0.321 e. The van der Waals surface area contributed by atoms with Gasteiger partial charge in [0.2, 0.25) is 5.91 Å². The second-order valence-electron chi connectivity index (χ2n) is 7.56. The quantitative estimate of drug-likeness (QED) is 0.422. The van der Waals surface area contributed by atoms with Crippen molar-refractivity contribution in [1.29, 1.82) is 5.26 Å². The van der Waals surface area contributed by atoms with Crippen molar-refractivity contribution in [3.05, 3.63) is 106 Å². The third-order valence-electron chi connectivity index (χ3n) is 5.16. The first-order valence-electron chi connectivity index (χ1n) is 10.3. The lowest BCUT2D eigenvalue weighted by atomic mass is 10.1. The molecule has 0 aromatic heterocycles. The average Bonchev–Trinajstić information content (AvgIpc) is 3.12. The molecule has 0 saturated carbocycles. The monoisotopic (exact) mass is 457 g/mol. The van der Waals surface area contributed by atoms with Crippen LogP contribution in [0.5, 0.6) is 0 Å². The molecule has 1 aliphatic heterocycles. The second kappa shape index (κ2) is 9.72. The zero-order valence-corrected chi connectivity index (χ0v) is 18.6. The maximum Gasteiger partial charge on any atom is 0.269 e. The molecule has 3 aromatic carbocycles. The summed E-state index contributed by atoms with van der Waals surface area (Å²) < 4.78 is 13.5. The lowest BCUT2D eigenvalue weighted by molar-refractivity contribution is -0.117. The van der Waals surface area contributed by atoms with Crippen molar-refractivity contribution < 1.29 is 14.0 Å². The van der Waals surface area contributed by atoms with Gasteiger partial charge < -0.3 is 5.32 Å². The van der Waals surface area contributed by atoms with Crippen LogP contribution in [0.3, 0.4) is 0 Å². The minimum atomic E-state index is -0.609. The Bertz CT molecular complexity index is 1250. The first-order valence-corrected chi connectivity index (χ1v) is 11.2. The van der Waals surface area contributed by atoms with Crippen LogP contribution in [0.15, 0.2) is 89.5 Å². The predicted molar refractivity (Wildman–Crippen MR) is 128 cm³/mol. The smallest absolute Gasteiger partial charge is 0.269 e. The summed E-state index contributed by atoms with van der Waals surface area (Å²) in [6.07, 6.45) is 0.435. The Balaban J connectivity index is 1.72. The summed E-state index contributed by atoms with van der Waals surface area (Å²) in [7, 11) is 0. The fourth-order valence-electron chi connectivity index (χ4n) is 3.47. The SMILES string of the molecule is Cc1ccc(CC2SC(=C(C#N)C(=O)Nc3ccccc3)N(c3ccc(F)cc3)C2=O)cc1. The number of benzene rings is 3. The summed E-state index contributed by atoms with van der Waals surface area (Å²) in [5.41, 5.74) is 2.85. The summed E-state index contributed by atoms with van der Waals surface area (Å²) in [4.78, 5) is 27.7. The van der Waals surface area contributed by atoms with Crippen LogP contribution in [-0.4, -0.2) is 17.1 Å². The van der Waals surface area contributed by atoms with Crippen molar-refractivity contribution in [3.8, 4) is 6.07 Å². The van der Waals surface area contributed by atoms with E-state index in [9.17, 15) is 19.2 Å². The maximum absolute atomic E-state index is 13.5. The van der Waals surface area contributed by atoms with Gasteiger partial charge in [0.15, 0.2) is 0 Å². The summed E-state index contributed by atoms with van der Waals surface area (Å²) >= 11 is 1.18. The lowest BCUT2D eigenvalue weighted by Crippen LogP contribution is -2.30. The first kappa shape index (κ1) is 22.3. The number of aryl methyl sites for hydroxylation is 1. The van der Waals surface area contributed by atoms with E-state index in [-0.39, 0.29) is 16.5 Å². The molecule has 4 rings (SSSR count). The number of hydrogen-bond donors (Lipinski definition) is 1. The van der Waals surface area contributed by atoms with E-state index in [1.54, 1.807) is 24.3 Å². The molecule has 0 spiro atoms. The van der Waals surface area contributed by atoms with Gasteiger partial charge in [-0.3, -0.25) is 14.5 Å². The number of nitriles is 1. The molecule has 1 N–H and O–H groups in total. The molecule has 1 fully saturated rings. The summed E-state index contributed by atoms with van der Waals surface area (Å²) in [5.74, 6) is -1.31. The number of hydrogen-bond acceptors (Lipinski definition) is 4. The van der Waals surface area contributed by atoms with Crippen molar-refractivity contribution in [3.63, 3.8) is 0 Å². The summed E-state index contributed by atoms with van der Waals surface area (Å²) in [6, 6.07) is 24.0. The summed E-state index contributed by atoms with van der Waals surface area (Å²) in [5, 5.41) is 12.3. The Labute approximate surface area is 195 Å². The van der Waals surface area contributed by atoms with Crippen LogP contribution >= 0.6 is 11.8 Å². The second-order valence-corrected chi connectivity index (χ2v) is 8.75. The molecular formula is C26H20FN3O2S. The molecule has 7 heteroatoms. The lowest BCUT2D eigenvalue weighted by Gasteiger charge is -2.18. The van der Waals surface area contributed by atoms with Crippen LogP contribution in [0.25, 0.3) is 0 Å². The third-order valence-corrected chi connectivity index (χ3v) is 6.43. The molecular weight excluding hydrogens is 437 g/mol. The third kappa shape index (κ3) is 4.97. The van der Waals surface area contributed by atoms with Crippen LogP contribution in [0.1, 0.15) is 11.1 Å². The number of rotatable bonds is 5.